The summed E-state index contributed by atoms with van der Waals surface area (Å²) in [4.78, 5) is 22.7. The third-order valence-corrected chi connectivity index (χ3v) is 2.89. The van der Waals surface area contributed by atoms with E-state index in [-0.39, 0.29) is 5.41 Å². The Hall–Kier alpha value is -1.64. The molecule has 1 aliphatic heterocycles. The molecule has 0 N–H and O–H groups in total. The normalized spacial score (nSPS) is 29.2. The van der Waals surface area contributed by atoms with E-state index in [0.717, 1.165) is 6.42 Å². The van der Waals surface area contributed by atoms with Crippen LogP contribution in [-0.2, 0) is 14.3 Å². The summed E-state index contributed by atoms with van der Waals surface area (Å²) in [5.41, 5.74) is 0.583. The van der Waals surface area contributed by atoms with Gasteiger partial charge < -0.3 is 4.74 Å². The Labute approximate surface area is 88.1 Å². The van der Waals surface area contributed by atoms with E-state index < -0.39 is 11.9 Å². The quantitative estimate of drug-likeness (QED) is 0.484. The predicted octanol–water partition coefficient (Wildman–Crippen LogP) is 1.91. The lowest BCUT2D eigenvalue weighted by molar-refractivity contribution is -0.149. The third kappa shape index (κ3) is 1.54. The van der Waals surface area contributed by atoms with Gasteiger partial charge in [0.25, 0.3) is 0 Å². The van der Waals surface area contributed by atoms with Crippen LogP contribution in [0.4, 0.5) is 0 Å². The van der Waals surface area contributed by atoms with Gasteiger partial charge in [-0.25, -0.2) is 9.59 Å². The van der Waals surface area contributed by atoms with E-state index in [0.29, 0.717) is 11.1 Å². The van der Waals surface area contributed by atoms with Crippen molar-refractivity contribution in [3.05, 3.63) is 35.5 Å². The number of carbonyl (C=O) groups is 2. The Kier molecular flexibility index (Phi) is 2.11. The molecule has 0 aromatic heterocycles. The number of fused-ring (bicyclic) bond motifs is 1. The summed E-state index contributed by atoms with van der Waals surface area (Å²) in [6.07, 6.45) is 8.12. The third-order valence-electron chi connectivity index (χ3n) is 2.89. The molecule has 1 saturated heterocycles. The molecule has 2 rings (SSSR count). The van der Waals surface area contributed by atoms with Gasteiger partial charge in [-0.3, -0.25) is 0 Å². The monoisotopic (exact) mass is 204 g/mol. The summed E-state index contributed by atoms with van der Waals surface area (Å²) in [7, 11) is 0. The van der Waals surface area contributed by atoms with E-state index in [1.54, 1.807) is 6.08 Å². The van der Waals surface area contributed by atoms with Gasteiger partial charge in [-0.05, 0) is 12.5 Å². The average Bonchev–Trinajstić information content (AvgIpc) is 2.41. The van der Waals surface area contributed by atoms with Crippen molar-refractivity contribution < 1.29 is 14.3 Å². The smallest absolute Gasteiger partial charge is 0.346 e. The van der Waals surface area contributed by atoms with E-state index in [4.69, 9.17) is 0 Å². The van der Waals surface area contributed by atoms with Crippen LogP contribution < -0.4 is 0 Å². The molecular weight excluding hydrogens is 192 g/mol. The lowest BCUT2D eigenvalue weighted by Gasteiger charge is -2.18. The van der Waals surface area contributed by atoms with E-state index in [9.17, 15) is 9.59 Å². The fourth-order valence-electron chi connectivity index (χ4n) is 1.67. The minimum Gasteiger partial charge on any atom is -0.386 e. The van der Waals surface area contributed by atoms with E-state index >= 15 is 0 Å². The number of hydrogen-bond donors (Lipinski definition) is 0. The zero-order valence-electron chi connectivity index (χ0n) is 8.74. The van der Waals surface area contributed by atoms with Crippen LogP contribution in [0.3, 0.4) is 0 Å². The molecule has 0 aromatic carbocycles. The lowest BCUT2D eigenvalue weighted by atomic mass is 9.85. The van der Waals surface area contributed by atoms with Gasteiger partial charge in [0.15, 0.2) is 0 Å². The highest BCUT2D eigenvalue weighted by Gasteiger charge is 2.35. The van der Waals surface area contributed by atoms with Crippen molar-refractivity contribution in [3.8, 4) is 0 Å². The molecule has 0 spiro atoms. The molecule has 1 atom stereocenters. The largest absolute Gasteiger partial charge is 0.386 e. The standard InChI is InChI=1S/C12H12O3/c1-3-12(2)6-4-5-8-9(7-12)11(14)15-10(8)13/h4-7H,3H2,1-2H3. The molecule has 1 heterocycles. The summed E-state index contributed by atoms with van der Waals surface area (Å²) in [5.74, 6) is -1.08. The van der Waals surface area contributed by atoms with E-state index in [2.05, 4.69) is 4.74 Å². The van der Waals surface area contributed by atoms with Crippen LogP contribution in [0.2, 0.25) is 0 Å². The Morgan fingerprint density at radius 1 is 1.27 bits per heavy atom. The van der Waals surface area contributed by atoms with Crippen LogP contribution in [0.1, 0.15) is 20.3 Å². The molecule has 0 aromatic rings. The number of cyclic esters (lactones) is 2. The summed E-state index contributed by atoms with van der Waals surface area (Å²) in [6, 6.07) is 0. The van der Waals surface area contributed by atoms with Gasteiger partial charge in [0.2, 0.25) is 0 Å². The summed E-state index contributed by atoms with van der Waals surface area (Å²) >= 11 is 0. The van der Waals surface area contributed by atoms with E-state index in [1.165, 1.54) is 0 Å². The summed E-state index contributed by atoms with van der Waals surface area (Å²) in [6.45, 7) is 4.05. The number of allylic oxidation sites excluding steroid dienone is 4. The van der Waals surface area contributed by atoms with Crippen molar-refractivity contribution in [2.24, 2.45) is 5.41 Å². The molecule has 0 amide bonds. The molecule has 0 saturated carbocycles. The van der Waals surface area contributed by atoms with Crippen molar-refractivity contribution in [1.82, 2.24) is 0 Å². The summed E-state index contributed by atoms with van der Waals surface area (Å²) < 4.78 is 4.55. The molecule has 78 valence electrons. The highest BCUT2D eigenvalue weighted by Crippen LogP contribution is 2.34. The van der Waals surface area contributed by atoms with Gasteiger partial charge in [0.1, 0.15) is 0 Å². The maximum atomic E-state index is 11.4. The number of esters is 2. The molecule has 2 aliphatic rings. The van der Waals surface area contributed by atoms with Gasteiger partial charge in [-0.15, -0.1) is 0 Å². The number of carbonyl (C=O) groups excluding carboxylic acids is 2. The van der Waals surface area contributed by atoms with E-state index in [1.807, 2.05) is 32.1 Å². The SMILES string of the molecule is CCC1(C)C=CC=C2C(=O)OC(=O)C2=C1. The molecule has 3 heteroatoms. The van der Waals surface area contributed by atoms with Crippen LogP contribution in [0.15, 0.2) is 35.5 Å². The van der Waals surface area contributed by atoms with Gasteiger partial charge in [-0.1, -0.05) is 32.1 Å². The van der Waals surface area contributed by atoms with Crippen LogP contribution in [0, 0.1) is 5.41 Å². The van der Waals surface area contributed by atoms with Crippen molar-refractivity contribution in [1.29, 1.82) is 0 Å². The first-order valence-electron chi connectivity index (χ1n) is 4.95. The first-order valence-corrected chi connectivity index (χ1v) is 4.95. The van der Waals surface area contributed by atoms with Gasteiger partial charge >= 0.3 is 11.9 Å². The second kappa shape index (κ2) is 3.19. The Balaban J connectivity index is 2.53. The van der Waals surface area contributed by atoms with Gasteiger partial charge in [0.05, 0.1) is 11.1 Å². The fraction of sp³-hybridized carbons (Fsp3) is 0.333. The minimum atomic E-state index is -0.545. The second-order valence-corrected chi connectivity index (χ2v) is 4.03. The van der Waals surface area contributed by atoms with Crippen molar-refractivity contribution >= 4 is 11.9 Å². The second-order valence-electron chi connectivity index (χ2n) is 4.03. The Morgan fingerprint density at radius 3 is 2.60 bits per heavy atom. The van der Waals surface area contributed by atoms with Crippen LogP contribution in [0.25, 0.3) is 0 Å². The molecule has 1 unspecified atom stereocenters. The van der Waals surface area contributed by atoms with Crippen molar-refractivity contribution in [2.45, 2.75) is 20.3 Å². The zero-order chi connectivity index (χ0) is 11.1. The predicted molar refractivity (Wildman–Crippen MR) is 54.8 cm³/mol. The maximum absolute atomic E-state index is 11.4. The fourth-order valence-corrected chi connectivity index (χ4v) is 1.67. The number of ether oxygens (including phenoxy) is 1. The topological polar surface area (TPSA) is 43.4 Å². The van der Waals surface area contributed by atoms with Crippen molar-refractivity contribution in [3.63, 3.8) is 0 Å². The van der Waals surface area contributed by atoms with Crippen LogP contribution in [0.5, 0.6) is 0 Å². The highest BCUT2D eigenvalue weighted by atomic mass is 16.6. The lowest BCUT2D eigenvalue weighted by Crippen LogP contribution is -2.09. The minimum absolute atomic E-state index is 0.183. The Bertz CT molecular complexity index is 426. The molecule has 15 heavy (non-hydrogen) atoms. The van der Waals surface area contributed by atoms with Gasteiger partial charge in [0, 0.05) is 5.41 Å². The number of hydrogen-bond acceptors (Lipinski definition) is 3. The molecule has 3 nitrogen and oxygen atoms in total. The Morgan fingerprint density at radius 2 is 1.93 bits per heavy atom. The first-order chi connectivity index (χ1) is 7.06. The van der Waals surface area contributed by atoms with Gasteiger partial charge in [-0.2, -0.15) is 0 Å². The maximum Gasteiger partial charge on any atom is 0.346 e. The first kappa shape index (κ1) is 9.90. The highest BCUT2D eigenvalue weighted by molar-refractivity contribution is 6.18. The molecule has 1 aliphatic carbocycles. The summed E-state index contributed by atoms with van der Waals surface area (Å²) in [5, 5.41) is 0. The molecule has 0 bridgehead atoms. The number of rotatable bonds is 1. The van der Waals surface area contributed by atoms with Crippen LogP contribution in [-0.4, -0.2) is 11.9 Å². The van der Waals surface area contributed by atoms with Crippen molar-refractivity contribution in [2.75, 3.05) is 0 Å². The molecule has 0 radical (unpaired) electrons. The van der Waals surface area contributed by atoms with Crippen LogP contribution >= 0.6 is 0 Å². The molecule has 1 fully saturated rings. The molecular formula is C12H12O3. The average molecular weight is 204 g/mol. The zero-order valence-corrected chi connectivity index (χ0v) is 8.74.